The second kappa shape index (κ2) is 3.72. The number of hydrogen-bond donors (Lipinski definition) is 0. The maximum absolute atomic E-state index is 2.27. The maximum atomic E-state index is 2.27. The third-order valence-corrected chi connectivity index (χ3v) is 4.27. The molecule has 0 aliphatic heterocycles. The molecule has 0 fully saturated rings. The van der Waals surface area contributed by atoms with Crippen molar-refractivity contribution in [3.63, 3.8) is 0 Å². The summed E-state index contributed by atoms with van der Waals surface area (Å²) in [5.41, 5.74) is 2.53. The highest BCUT2D eigenvalue weighted by Gasteiger charge is 2.06. The van der Waals surface area contributed by atoms with Gasteiger partial charge in [0.05, 0.1) is 15.9 Å². The number of nitrogens with zero attached hydrogens (tertiary/aromatic N) is 1. The summed E-state index contributed by atoms with van der Waals surface area (Å²) in [7, 11) is 0. The van der Waals surface area contributed by atoms with E-state index < -0.39 is 0 Å². The van der Waals surface area contributed by atoms with E-state index in [0.717, 1.165) is 0 Å². The van der Waals surface area contributed by atoms with Crippen LogP contribution in [0.5, 0.6) is 0 Å². The molecular weight excluding hydrogens is 238 g/mol. The summed E-state index contributed by atoms with van der Waals surface area (Å²) in [6, 6.07) is 19.3. The molecule has 0 atom stereocenters. The van der Waals surface area contributed by atoms with Gasteiger partial charge in [0.2, 0.25) is 0 Å². The molecule has 0 aliphatic rings. The third-order valence-electron chi connectivity index (χ3n) is 3.32. The van der Waals surface area contributed by atoms with Gasteiger partial charge >= 0.3 is 0 Å². The summed E-state index contributed by atoms with van der Waals surface area (Å²) in [6.07, 6.45) is 2.15. The minimum Gasteiger partial charge on any atom is -0.315 e. The standard InChI is InChI=1S/C16H11NS/c1-2-6-14-12(4-1)8-10-17(14)15-7-3-5-13-9-11-18-16(13)15/h1-11H. The Balaban J connectivity index is 2.10. The SMILES string of the molecule is c1cc(-n2ccc3ccccc32)c2sccc2c1. The predicted octanol–water partition coefficient (Wildman–Crippen LogP) is 4.85. The van der Waals surface area contributed by atoms with Crippen molar-refractivity contribution in [1.29, 1.82) is 0 Å². The topological polar surface area (TPSA) is 4.93 Å². The van der Waals surface area contributed by atoms with E-state index >= 15 is 0 Å². The number of para-hydroxylation sites is 1. The predicted molar refractivity (Wildman–Crippen MR) is 78.7 cm³/mol. The fourth-order valence-corrected chi connectivity index (χ4v) is 3.37. The van der Waals surface area contributed by atoms with E-state index in [1.807, 2.05) is 0 Å². The van der Waals surface area contributed by atoms with Crippen LogP contribution >= 0.6 is 11.3 Å². The second-order valence-corrected chi connectivity index (χ2v) is 5.28. The summed E-state index contributed by atoms with van der Waals surface area (Å²) >= 11 is 1.80. The van der Waals surface area contributed by atoms with Gasteiger partial charge in [-0.3, -0.25) is 0 Å². The van der Waals surface area contributed by atoms with E-state index in [4.69, 9.17) is 0 Å². The first-order valence-corrected chi connectivity index (χ1v) is 6.84. The van der Waals surface area contributed by atoms with Gasteiger partial charge in [0, 0.05) is 6.20 Å². The Morgan fingerprint density at radius 2 is 1.67 bits per heavy atom. The fraction of sp³-hybridized carbons (Fsp3) is 0. The Morgan fingerprint density at radius 3 is 2.67 bits per heavy atom. The summed E-state index contributed by atoms with van der Waals surface area (Å²) in [6.45, 7) is 0. The Morgan fingerprint density at radius 1 is 0.778 bits per heavy atom. The van der Waals surface area contributed by atoms with Crippen LogP contribution in [0.3, 0.4) is 0 Å². The highest BCUT2D eigenvalue weighted by molar-refractivity contribution is 7.17. The molecule has 18 heavy (non-hydrogen) atoms. The van der Waals surface area contributed by atoms with Crippen molar-refractivity contribution in [3.05, 3.63) is 66.2 Å². The van der Waals surface area contributed by atoms with Crippen LogP contribution in [0.2, 0.25) is 0 Å². The molecule has 0 saturated carbocycles. The van der Waals surface area contributed by atoms with Gasteiger partial charge in [0.15, 0.2) is 0 Å². The first-order chi connectivity index (χ1) is 8.93. The van der Waals surface area contributed by atoms with Crippen LogP contribution in [0, 0.1) is 0 Å². The number of thiophene rings is 1. The van der Waals surface area contributed by atoms with Gasteiger partial charge in [-0.2, -0.15) is 0 Å². The average molecular weight is 249 g/mol. The van der Waals surface area contributed by atoms with Crippen LogP contribution in [-0.2, 0) is 0 Å². The first kappa shape index (κ1) is 9.92. The van der Waals surface area contributed by atoms with E-state index in [0.29, 0.717) is 0 Å². The van der Waals surface area contributed by atoms with Crippen molar-refractivity contribution in [1.82, 2.24) is 4.57 Å². The van der Waals surface area contributed by atoms with Crippen LogP contribution in [-0.4, -0.2) is 4.57 Å². The molecule has 0 aliphatic carbocycles. The fourth-order valence-electron chi connectivity index (χ4n) is 2.46. The van der Waals surface area contributed by atoms with Gasteiger partial charge in [0.1, 0.15) is 0 Å². The van der Waals surface area contributed by atoms with E-state index in [-0.39, 0.29) is 0 Å². The monoisotopic (exact) mass is 249 g/mol. The van der Waals surface area contributed by atoms with Gasteiger partial charge in [0.25, 0.3) is 0 Å². The zero-order valence-corrected chi connectivity index (χ0v) is 10.5. The molecule has 0 radical (unpaired) electrons. The Labute approximate surface area is 109 Å². The van der Waals surface area contributed by atoms with Crippen molar-refractivity contribution >= 4 is 32.3 Å². The lowest BCUT2D eigenvalue weighted by atomic mass is 10.2. The summed E-state index contributed by atoms with van der Waals surface area (Å²) in [5, 5.41) is 4.75. The zero-order valence-electron chi connectivity index (χ0n) is 9.71. The number of benzene rings is 2. The zero-order chi connectivity index (χ0) is 11.9. The van der Waals surface area contributed by atoms with Crippen molar-refractivity contribution < 1.29 is 0 Å². The molecule has 0 N–H and O–H groups in total. The molecule has 4 rings (SSSR count). The van der Waals surface area contributed by atoms with Gasteiger partial charge in [-0.25, -0.2) is 0 Å². The van der Waals surface area contributed by atoms with E-state index in [9.17, 15) is 0 Å². The lowest BCUT2D eigenvalue weighted by molar-refractivity contribution is 1.15. The first-order valence-electron chi connectivity index (χ1n) is 5.96. The Kier molecular flexibility index (Phi) is 2.05. The molecule has 4 aromatic rings. The Bertz CT molecular complexity index is 838. The third kappa shape index (κ3) is 1.33. The van der Waals surface area contributed by atoms with Crippen LogP contribution in [0.15, 0.2) is 66.2 Å². The molecule has 2 aromatic carbocycles. The molecule has 0 bridgehead atoms. The van der Waals surface area contributed by atoms with Crippen molar-refractivity contribution in [2.75, 3.05) is 0 Å². The van der Waals surface area contributed by atoms with Crippen molar-refractivity contribution in [2.24, 2.45) is 0 Å². The molecule has 2 heteroatoms. The maximum Gasteiger partial charge on any atom is 0.0634 e. The molecule has 86 valence electrons. The van der Waals surface area contributed by atoms with Gasteiger partial charge in [-0.15, -0.1) is 11.3 Å². The Hall–Kier alpha value is -2.06. The summed E-state index contributed by atoms with van der Waals surface area (Å²) < 4.78 is 3.62. The van der Waals surface area contributed by atoms with Gasteiger partial charge in [-0.05, 0) is 40.4 Å². The van der Waals surface area contributed by atoms with Crippen LogP contribution in [0.4, 0.5) is 0 Å². The van der Waals surface area contributed by atoms with Crippen LogP contribution in [0.25, 0.3) is 26.7 Å². The van der Waals surface area contributed by atoms with E-state index in [2.05, 4.69) is 70.7 Å². The second-order valence-electron chi connectivity index (χ2n) is 4.36. The molecule has 0 unspecified atom stereocenters. The summed E-state index contributed by atoms with van der Waals surface area (Å²) in [5.74, 6) is 0. The minimum atomic E-state index is 1.26. The number of hydrogen-bond acceptors (Lipinski definition) is 1. The molecule has 2 aromatic heterocycles. The highest BCUT2D eigenvalue weighted by Crippen LogP contribution is 2.30. The largest absolute Gasteiger partial charge is 0.315 e. The highest BCUT2D eigenvalue weighted by atomic mass is 32.1. The molecule has 2 heterocycles. The normalized spacial score (nSPS) is 11.3. The molecule has 1 nitrogen and oxygen atoms in total. The van der Waals surface area contributed by atoms with E-state index in [1.54, 1.807) is 11.3 Å². The smallest absolute Gasteiger partial charge is 0.0634 e. The van der Waals surface area contributed by atoms with E-state index in [1.165, 1.54) is 26.7 Å². The number of rotatable bonds is 1. The van der Waals surface area contributed by atoms with Crippen molar-refractivity contribution in [3.8, 4) is 5.69 Å². The van der Waals surface area contributed by atoms with Crippen LogP contribution in [0.1, 0.15) is 0 Å². The number of fused-ring (bicyclic) bond motifs is 2. The summed E-state index contributed by atoms with van der Waals surface area (Å²) in [4.78, 5) is 0. The average Bonchev–Trinajstić information content (AvgIpc) is 3.05. The molecule has 0 amide bonds. The van der Waals surface area contributed by atoms with Crippen LogP contribution < -0.4 is 0 Å². The quantitative estimate of drug-likeness (QED) is 0.454. The molecule has 0 spiro atoms. The van der Waals surface area contributed by atoms with Gasteiger partial charge < -0.3 is 4.57 Å². The molecule has 0 saturated heterocycles. The number of aromatic nitrogens is 1. The lowest BCUT2D eigenvalue weighted by Crippen LogP contribution is -1.91. The minimum absolute atomic E-state index is 1.26. The molecular formula is C16H11NS. The lowest BCUT2D eigenvalue weighted by Gasteiger charge is -2.06. The van der Waals surface area contributed by atoms with Gasteiger partial charge in [-0.1, -0.05) is 30.3 Å². The van der Waals surface area contributed by atoms with Crippen molar-refractivity contribution in [2.45, 2.75) is 0 Å².